The molecule has 0 aliphatic carbocycles. The van der Waals surface area contributed by atoms with Gasteiger partial charge in [-0.1, -0.05) is 0 Å². The van der Waals surface area contributed by atoms with E-state index in [-0.39, 0.29) is 18.0 Å². The molecule has 2 saturated heterocycles. The topological polar surface area (TPSA) is 84.0 Å². The van der Waals surface area contributed by atoms with Gasteiger partial charge in [-0.3, -0.25) is 4.79 Å². The van der Waals surface area contributed by atoms with Gasteiger partial charge in [0.15, 0.2) is 27.2 Å². The van der Waals surface area contributed by atoms with Crippen molar-refractivity contribution >= 4 is 27.5 Å². The summed E-state index contributed by atoms with van der Waals surface area (Å²) in [5, 5.41) is 0. The number of fused-ring (bicyclic) bond motifs is 1. The first-order valence-corrected chi connectivity index (χ1v) is 9.75. The molecule has 1 aromatic rings. The first-order chi connectivity index (χ1) is 11.9. The zero-order chi connectivity index (χ0) is 19.4. The normalized spacial score (nSPS) is 22.6. The molecule has 0 spiro atoms. The average molecular weight is 388 g/mol. The summed E-state index contributed by atoms with van der Waals surface area (Å²) in [5.41, 5.74) is -1.15. The Bertz CT molecular complexity index is 871. The zero-order valence-corrected chi connectivity index (χ0v) is 15.3. The van der Waals surface area contributed by atoms with Crippen LogP contribution < -0.4 is 9.64 Å². The van der Waals surface area contributed by atoms with Gasteiger partial charge in [-0.15, -0.1) is 0 Å². The molecular weight excluding hydrogens is 370 g/mol. The fourth-order valence-corrected chi connectivity index (χ4v) is 4.37. The summed E-state index contributed by atoms with van der Waals surface area (Å²) in [6, 6.07) is -0.309. The number of nitrogens with zero attached hydrogens (tertiary/aromatic N) is 2. The maximum Gasteiger partial charge on any atom is 0.332 e. The number of halogens is 2. The minimum absolute atomic E-state index is 0.135. The molecule has 0 N–H and O–H groups in total. The van der Waals surface area contributed by atoms with Crippen LogP contribution >= 0.6 is 0 Å². The molecule has 3 amide bonds. The number of hydrogen-bond acceptors (Lipinski definition) is 5. The van der Waals surface area contributed by atoms with Crippen molar-refractivity contribution in [2.24, 2.45) is 0 Å². The number of benzene rings is 1. The number of sulfone groups is 1. The van der Waals surface area contributed by atoms with E-state index in [2.05, 4.69) is 0 Å². The summed E-state index contributed by atoms with van der Waals surface area (Å²) in [6.45, 7) is 4.72. The lowest BCUT2D eigenvalue weighted by atomic mass is 10.2. The van der Waals surface area contributed by atoms with Crippen molar-refractivity contribution in [3.05, 3.63) is 23.8 Å². The molecule has 3 rings (SSSR count). The Hall–Kier alpha value is -2.23. The van der Waals surface area contributed by atoms with Crippen LogP contribution in [0.1, 0.15) is 20.8 Å². The number of imide groups is 1. The Morgan fingerprint density at radius 1 is 1.15 bits per heavy atom. The highest BCUT2D eigenvalue weighted by Crippen LogP contribution is 2.34. The van der Waals surface area contributed by atoms with E-state index in [1.165, 1.54) is 0 Å². The van der Waals surface area contributed by atoms with Gasteiger partial charge in [-0.2, -0.15) is 0 Å². The van der Waals surface area contributed by atoms with Gasteiger partial charge in [0.2, 0.25) is 0 Å². The largest absolute Gasteiger partial charge is 0.482 e. The highest BCUT2D eigenvalue weighted by Gasteiger charge is 2.50. The molecule has 2 fully saturated rings. The molecule has 7 nitrogen and oxygen atoms in total. The molecule has 26 heavy (non-hydrogen) atoms. The molecular formula is C16H18F2N2O5S. The van der Waals surface area contributed by atoms with Crippen LogP contribution in [-0.2, 0) is 14.6 Å². The van der Waals surface area contributed by atoms with Crippen LogP contribution in [0.2, 0.25) is 0 Å². The number of carbonyl (C=O) groups is 2. The highest BCUT2D eigenvalue weighted by molar-refractivity contribution is 7.91. The Balaban J connectivity index is 1.97. The molecule has 0 aromatic heterocycles. The quantitative estimate of drug-likeness (QED) is 0.720. The van der Waals surface area contributed by atoms with Crippen LogP contribution in [0.25, 0.3) is 0 Å². The third kappa shape index (κ3) is 3.25. The molecule has 1 atom stereocenters. The molecule has 142 valence electrons. The van der Waals surface area contributed by atoms with Crippen LogP contribution in [0, 0.1) is 11.6 Å². The minimum atomic E-state index is -3.45. The second kappa shape index (κ2) is 5.90. The second-order valence-electron chi connectivity index (χ2n) is 7.23. The van der Waals surface area contributed by atoms with Crippen molar-refractivity contribution < 1.29 is 31.5 Å². The lowest BCUT2D eigenvalue weighted by molar-refractivity contribution is -0.119. The lowest BCUT2D eigenvalue weighted by Gasteiger charge is -2.26. The predicted molar refractivity (Wildman–Crippen MR) is 88.8 cm³/mol. The molecule has 0 saturated carbocycles. The van der Waals surface area contributed by atoms with E-state index in [0.29, 0.717) is 4.90 Å². The van der Waals surface area contributed by atoms with E-state index in [0.717, 1.165) is 17.0 Å². The van der Waals surface area contributed by atoms with Gasteiger partial charge < -0.3 is 9.64 Å². The first kappa shape index (κ1) is 18.6. The van der Waals surface area contributed by atoms with E-state index in [1.54, 1.807) is 20.8 Å². The molecule has 1 aromatic carbocycles. The van der Waals surface area contributed by atoms with E-state index in [9.17, 15) is 26.8 Å². The number of amides is 3. The van der Waals surface area contributed by atoms with Crippen molar-refractivity contribution in [3.63, 3.8) is 0 Å². The molecule has 2 aliphatic heterocycles. The van der Waals surface area contributed by atoms with E-state index in [1.807, 2.05) is 0 Å². The van der Waals surface area contributed by atoms with E-state index < -0.39 is 56.6 Å². The Morgan fingerprint density at radius 3 is 2.27 bits per heavy atom. The predicted octanol–water partition coefficient (Wildman–Crippen LogP) is 1.71. The van der Waals surface area contributed by atoms with Crippen LogP contribution in [0.4, 0.5) is 19.3 Å². The SMILES string of the molecule is CC(C)(C)Oc1c(F)cc(N2C(=O)C3CS(=O)(=O)CCN3C2=O)cc1F. The third-order valence-electron chi connectivity index (χ3n) is 4.02. The van der Waals surface area contributed by atoms with Crippen molar-refractivity contribution in [2.45, 2.75) is 32.4 Å². The molecule has 2 heterocycles. The fourth-order valence-electron chi connectivity index (χ4n) is 2.93. The molecule has 10 heteroatoms. The zero-order valence-electron chi connectivity index (χ0n) is 14.5. The van der Waals surface area contributed by atoms with Gasteiger partial charge in [-0.05, 0) is 20.8 Å². The number of urea groups is 1. The average Bonchev–Trinajstić information content (AvgIpc) is 2.72. The van der Waals surface area contributed by atoms with Crippen molar-refractivity contribution in [2.75, 3.05) is 23.0 Å². The van der Waals surface area contributed by atoms with Gasteiger partial charge >= 0.3 is 6.03 Å². The van der Waals surface area contributed by atoms with Crippen LogP contribution in [0.5, 0.6) is 5.75 Å². The standard InChI is InChI=1S/C16H18F2N2O5S/c1-16(2,3)25-13-10(17)6-9(7-11(13)18)20-14(21)12-8-26(23,24)5-4-19(12)15(20)22/h6-7,12H,4-5,8H2,1-3H3. The number of rotatable bonds is 2. The third-order valence-corrected chi connectivity index (χ3v) is 5.65. The molecule has 1 unspecified atom stereocenters. The summed E-state index contributed by atoms with van der Waals surface area (Å²) >= 11 is 0. The fraction of sp³-hybridized carbons (Fsp3) is 0.500. The Morgan fingerprint density at radius 2 is 1.73 bits per heavy atom. The van der Waals surface area contributed by atoms with Crippen LogP contribution in [0.3, 0.4) is 0 Å². The van der Waals surface area contributed by atoms with Gasteiger partial charge in [-0.25, -0.2) is 26.9 Å². The first-order valence-electron chi connectivity index (χ1n) is 7.93. The Labute approximate surface area is 149 Å². The van der Waals surface area contributed by atoms with Crippen LogP contribution in [-0.4, -0.2) is 54.9 Å². The van der Waals surface area contributed by atoms with Crippen molar-refractivity contribution in [1.82, 2.24) is 4.90 Å². The van der Waals surface area contributed by atoms with E-state index in [4.69, 9.17) is 4.74 Å². The second-order valence-corrected chi connectivity index (χ2v) is 9.46. The van der Waals surface area contributed by atoms with Crippen molar-refractivity contribution in [1.29, 1.82) is 0 Å². The number of ether oxygens (including phenoxy) is 1. The summed E-state index contributed by atoms with van der Waals surface area (Å²) < 4.78 is 57.3. The minimum Gasteiger partial charge on any atom is -0.482 e. The van der Waals surface area contributed by atoms with Gasteiger partial charge in [0.05, 0.1) is 17.2 Å². The van der Waals surface area contributed by atoms with Gasteiger partial charge in [0.1, 0.15) is 11.6 Å². The number of carbonyl (C=O) groups excluding carboxylic acids is 2. The monoisotopic (exact) mass is 388 g/mol. The van der Waals surface area contributed by atoms with Gasteiger partial charge in [0, 0.05) is 18.7 Å². The van der Waals surface area contributed by atoms with Crippen molar-refractivity contribution in [3.8, 4) is 5.75 Å². The number of anilines is 1. The maximum absolute atomic E-state index is 14.3. The summed E-state index contributed by atoms with van der Waals surface area (Å²) in [7, 11) is -3.45. The molecule has 0 radical (unpaired) electrons. The van der Waals surface area contributed by atoms with Gasteiger partial charge in [0.25, 0.3) is 5.91 Å². The lowest BCUT2D eigenvalue weighted by Crippen LogP contribution is -2.48. The van der Waals surface area contributed by atoms with E-state index >= 15 is 0 Å². The summed E-state index contributed by atoms with van der Waals surface area (Å²) in [5.74, 6) is -4.30. The Kier molecular flexibility index (Phi) is 4.21. The maximum atomic E-state index is 14.3. The summed E-state index contributed by atoms with van der Waals surface area (Å²) in [6.07, 6.45) is 0. The van der Waals surface area contributed by atoms with Crippen LogP contribution in [0.15, 0.2) is 12.1 Å². The molecule has 0 bridgehead atoms. The highest BCUT2D eigenvalue weighted by atomic mass is 32.2. The number of hydrogen-bond donors (Lipinski definition) is 0. The summed E-state index contributed by atoms with van der Waals surface area (Å²) in [4.78, 5) is 26.7. The smallest absolute Gasteiger partial charge is 0.332 e. The molecule has 2 aliphatic rings.